The number of halogens is 1. The standard InChI is InChI=1S/C10H22N4O2S2.HI/c1-2-12-10(13-5-7-18(11,15)16)14-8-9-4-3-6-17-9;/h9H,2-8H2,1H3,(H2,11,15,16)(H2,12,13,14);1H. The summed E-state index contributed by atoms with van der Waals surface area (Å²) >= 11 is 1.95. The lowest BCUT2D eigenvalue weighted by molar-refractivity contribution is 0.596. The Morgan fingerprint density at radius 2 is 2.21 bits per heavy atom. The van der Waals surface area contributed by atoms with Gasteiger partial charge in [0.2, 0.25) is 10.0 Å². The molecule has 0 spiro atoms. The minimum absolute atomic E-state index is 0. The van der Waals surface area contributed by atoms with Crippen LogP contribution in [-0.2, 0) is 10.0 Å². The largest absolute Gasteiger partial charge is 0.357 e. The van der Waals surface area contributed by atoms with Crippen molar-refractivity contribution < 1.29 is 8.42 Å². The van der Waals surface area contributed by atoms with E-state index in [1.165, 1.54) is 18.6 Å². The summed E-state index contributed by atoms with van der Waals surface area (Å²) in [5, 5.41) is 11.6. The zero-order valence-corrected chi connectivity index (χ0v) is 15.1. The van der Waals surface area contributed by atoms with Crippen LogP contribution in [0.15, 0.2) is 4.99 Å². The predicted octanol–water partition coefficient (Wildman–Crippen LogP) is 0.344. The summed E-state index contributed by atoms with van der Waals surface area (Å²) in [6.45, 7) is 3.78. The second-order valence-corrected chi connectivity index (χ2v) is 7.29. The number of hydrogen-bond acceptors (Lipinski definition) is 4. The molecule has 0 radical (unpaired) electrons. The second-order valence-electron chi connectivity index (χ2n) is 4.15. The molecule has 0 aromatic heterocycles. The third-order valence-electron chi connectivity index (χ3n) is 2.50. The first-order valence-electron chi connectivity index (χ1n) is 6.15. The summed E-state index contributed by atoms with van der Waals surface area (Å²) in [6.07, 6.45) is 2.48. The number of nitrogens with zero attached hydrogens (tertiary/aromatic N) is 1. The quantitative estimate of drug-likeness (QED) is 0.326. The topological polar surface area (TPSA) is 96.6 Å². The van der Waals surface area contributed by atoms with E-state index >= 15 is 0 Å². The summed E-state index contributed by atoms with van der Waals surface area (Å²) < 4.78 is 21.6. The van der Waals surface area contributed by atoms with Gasteiger partial charge in [-0.1, -0.05) is 0 Å². The Hall–Kier alpha value is 0.260. The molecule has 1 atom stereocenters. The molecule has 9 heteroatoms. The first-order valence-corrected chi connectivity index (χ1v) is 8.92. The Bertz CT molecular complexity index is 370. The van der Waals surface area contributed by atoms with Crippen molar-refractivity contribution in [2.24, 2.45) is 10.1 Å². The van der Waals surface area contributed by atoms with E-state index in [9.17, 15) is 8.42 Å². The van der Waals surface area contributed by atoms with Gasteiger partial charge in [0.25, 0.3) is 0 Å². The summed E-state index contributed by atoms with van der Waals surface area (Å²) in [7, 11) is -3.41. The average molecular weight is 422 g/mol. The summed E-state index contributed by atoms with van der Waals surface area (Å²) in [6, 6.07) is 0. The summed E-state index contributed by atoms with van der Waals surface area (Å²) in [4.78, 5) is 4.45. The van der Waals surface area contributed by atoms with Gasteiger partial charge in [0, 0.05) is 18.3 Å². The van der Waals surface area contributed by atoms with E-state index in [1.807, 2.05) is 18.7 Å². The number of rotatable bonds is 6. The number of thioether (sulfide) groups is 1. The number of primary sulfonamides is 1. The minimum atomic E-state index is -3.41. The van der Waals surface area contributed by atoms with Crippen molar-refractivity contribution in [3.63, 3.8) is 0 Å². The lowest BCUT2D eigenvalue weighted by Crippen LogP contribution is -2.40. The predicted molar refractivity (Wildman–Crippen MR) is 92.9 cm³/mol. The van der Waals surface area contributed by atoms with E-state index < -0.39 is 10.0 Å². The SMILES string of the molecule is CCNC(=NCC1CCCS1)NCCS(N)(=O)=O.I. The molecule has 4 N–H and O–H groups in total. The fourth-order valence-electron chi connectivity index (χ4n) is 1.63. The zero-order valence-electron chi connectivity index (χ0n) is 11.1. The number of sulfonamides is 1. The van der Waals surface area contributed by atoms with Crippen LogP contribution in [0, 0.1) is 0 Å². The maximum atomic E-state index is 10.8. The van der Waals surface area contributed by atoms with Gasteiger partial charge in [0.15, 0.2) is 5.96 Å². The number of nitrogens with one attached hydrogen (secondary N) is 2. The van der Waals surface area contributed by atoms with Crippen molar-refractivity contribution in [3.05, 3.63) is 0 Å². The third-order valence-corrected chi connectivity index (χ3v) is 4.65. The van der Waals surface area contributed by atoms with Gasteiger partial charge in [0.1, 0.15) is 0 Å². The second kappa shape index (κ2) is 10.1. The molecule has 1 unspecified atom stereocenters. The Morgan fingerprint density at radius 3 is 2.74 bits per heavy atom. The lowest BCUT2D eigenvalue weighted by Gasteiger charge is -2.12. The van der Waals surface area contributed by atoms with Crippen molar-refractivity contribution in [1.82, 2.24) is 10.6 Å². The highest BCUT2D eigenvalue weighted by atomic mass is 127. The van der Waals surface area contributed by atoms with Crippen LogP contribution in [0.4, 0.5) is 0 Å². The van der Waals surface area contributed by atoms with Gasteiger partial charge in [-0.3, -0.25) is 4.99 Å². The molecule has 1 aliphatic heterocycles. The Balaban J connectivity index is 0.00000324. The van der Waals surface area contributed by atoms with Crippen LogP contribution in [0.5, 0.6) is 0 Å². The highest BCUT2D eigenvalue weighted by molar-refractivity contribution is 14.0. The molecule has 1 heterocycles. The lowest BCUT2D eigenvalue weighted by atomic mass is 10.2. The Morgan fingerprint density at radius 1 is 1.47 bits per heavy atom. The van der Waals surface area contributed by atoms with Crippen molar-refractivity contribution in [3.8, 4) is 0 Å². The fourth-order valence-corrected chi connectivity index (χ4v) is 3.20. The first kappa shape index (κ1) is 19.3. The molecule has 0 aromatic carbocycles. The van der Waals surface area contributed by atoms with Crippen molar-refractivity contribution >= 4 is 51.7 Å². The van der Waals surface area contributed by atoms with Crippen LogP contribution in [-0.4, -0.2) is 50.8 Å². The first-order chi connectivity index (χ1) is 8.51. The van der Waals surface area contributed by atoms with Crippen molar-refractivity contribution in [2.75, 3.05) is 31.1 Å². The third kappa shape index (κ3) is 9.74. The highest BCUT2D eigenvalue weighted by Crippen LogP contribution is 2.25. The maximum Gasteiger partial charge on any atom is 0.210 e. The number of nitrogens with two attached hydrogens (primary N) is 1. The zero-order chi connectivity index (χ0) is 13.4. The molecule has 6 nitrogen and oxygen atoms in total. The van der Waals surface area contributed by atoms with Gasteiger partial charge < -0.3 is 10.6 Å². The van der Waals surface area contributed by atoms with E-state index in [1.54, 1.807) is 0 Å². The van der Waals surface area contributed by atoms with E-state index in [4.69, 9.17) is 5.14 Å². The van der Waals surface area contributed by atoms with Crippen molar-refractivity contribution in [2.45, 2.75) is 25.0 Å². The average Bonchev–Trinajstić information content (AvgIpc) is 2.77. The van der Waals surface area contributed by atoms with Gasteiger partial charge >= 0.3 is 0 Å². The minimum Gasteiger partial charge on any atom is -0.357 e. The normalized spacial score (nSPS) is 19.9. The summed E-state index contributed by atoms with van der Waals surface area (Å²) in [5.41, 5.74) is 0. The molecule has 0 aliphatic carbocycles. The molecule has 19 heavy (non-hydrogen) atoms. The number of hydrogen-bond donors (Lipinski definition) is 3. The van der Waals surface area contributed by atoms with Gasteiger partial charge in [-0.25, -0.2) is 13.6 Å². The van der Waals surface area contributed by atoms with Crippen LogP contribution in [0.2, 0.25) is 0 Å². The van der Waals surface area contributed by atoms with E-state index in [2.05, 4.69) is 15.6 Å². The molecule has 114 valence electrons. The smallest absolute Gasteiger partial charge is 0.210 e. The molecule has 0 amide bonds. The van der Waals surface area contributed by atoms with E-state index in [0.717, 1.165) is 13.1 Å². The van der Waals surface area contributed by atoms with Gasteiger partial charge in [0.05, 0.1) is 12.3 Å². The van der Waals surface area contributed by atoms with Gasteiger partial charge in [-0.05, 0) is 25.5 Å². The molecule has 0 bridgehead atoms. The molecule has 0 aromatic rings. The molecule has 1 saturated heterocycles. The van der Waals surface area contributed by atoms with Gasteiger partial charge in [-0.15, -0.1) is 24.0 Å². The Labute approximate surface area is 136 Å². The maximum absolute atomic E-state index is 10.8. The molecule has 0 saturated carbocycles. The fraction of sp³-hybridized carbons (Fsp3) is 0.900. The van der Waals surface area contributed by atoms with Crippen LogP contribution >= 0.6 is 35.7 Å². The highest BCUT2D eigenvalue weighted by Gasteiger charge is 2.15. The van der Waals surface area contributed by atoms with E-state index in [0.29, 0.717) is 11.2 Å². The molecule has 1 fully saturated rings. The Kier molecular flexibility index (Phi) is 10.2. The van der Waals surface area contributed by atoms with E-state index in [-0.39, 0.29) is 36.3 Å². The molecular formula is C10H23IN4O2S2. The molecule has 1 aliphatic rings. The van der Waals surface area contributed by atoms with Crippen molar-refractivity contribution in [1.29, 1.82) is 0 Å². The monoisotopic (exact) mass is 422 g/mol. The molecular weight excluding hydrogens is 399 g/mol. The van der Waals surface area contributed by atoms with Crippen LogP contribution in [0.3, 0.4) is 0 Å². The van der Waals surface area contributed by atoms with Crippen LogP contribution < -0.4 is 15.8 Å². The van der Waals surface area contributed by atoms with Crippen LogP contribution in [0.25, 0.3) is 0 Å². The number of aliphatic imine (C=N–C) groups is 1. The van der Waals surface area contributed by atoms with Crippen LogP contribution in [0.1, 0.15) is 19.8 Å². The van der Waals surface area contributed by atoms with Gasteiger partial charge in [-0.2, -0.15) is 11.8 Å². The summed E-state index contributed by atoms with van der Waals surface area (Å²) in [5.74, 6) is 1.79. The molecule has 1 rings (SSSR count). The number of guanidine groups is 1.